The minimum absolute atomic E-state index is 0.193. The number of nitrogens with one attached hydrogen (secondary N) is 1. The number of hydrogen-bond donors (Lipinski definition) is 1. The molecule has 0 aliphatic carbocycles. The van der Waals surface area contributed by atoms with Gasteiger partial charge in [-0.05, 0) is 27.3 Å². The molecule has 1 aromatic heterocycles. The third-order valence-electron chi connectivity index (χ3n) is 3.29. The van der Waals surface area contributed by atoms with Crippen LogP contribution in [-0.4, -0.2) is 30.3 Å². The molecule has 1 heterocycles. The van der Waals surface area contributed by atoms with E-state index in [0.29, 0.717) is 17.8 Å². The molecule has 1 aromatic rings. The second-order valence-corrected chi connectivity index (χ2v) is 4.76. The molecule has 0 aromatic carbocycles. The largest absolute Gasteiger partial charge is 0.371 e. The van der Waals surface area contributed by atoms with Crippen LogP contribution in [0.1, 0.15) is 51.7 Å². The first-order valence-electron chi connectivity index (χ1n) is 6.02. The number of methoxy groups -OCH3 is 1. The average molecular weight is 241 g/mol. The average Bonchev–Trinajstić information content (AvgIpc) is 2.80. The van der Waals surface area contributed by atoms with Crippen molar-refractivity contribution >= 4 is 0 Å². The van der Waals surface area contributed by atoms with E-state index in [1.165, 1.54) is 0 Å². The standard InChI is InChI=1S/C12H23N3O2/c1-7-9(13-5)8(2)10-14-11(15-17-10)12(3,4)16-6/h8-9,13H,7H2,1-6H3. The van der Waals surface area contributed by atoms with Crippen molar-refractivity contribution < 1.29 is 9.26 Å². The summed E-state index contributed by atoms with van der Waals surface area (Å²) in [5.74, 6) is 1.44. The van der Waals surface area contributed by atoms with E-state index in [1.807, 2.05) is 20.9 Å². The zero-order valence-electron chi connectivity index (χ0n) is 11.6. The van der Waals surface area contributed by atoms with Gasteiger partial charge in [0.05, 0.1) is 5.92 Å². The van der Waals surface area contributed by atoms with Crippen LogP contribution in [0.2, 0.25) is 0 Å². The molecule has 98 valence electrons. The first-order valence-corrected chi connectivity index (χ1v) is 6.02. The lowest BCUT2D eigenvalue weighted by Crippen LogP contribution is -2.30. The Labute approximate surface area is 103 Å². The predicted molar refractivity (Wildman–Crippen MR) is 65.9 cm³/mol. The summed E-state index contributed by atoms with van der Waals surface area (Å²) in [6, 6.07) is 0.342. The molecule has 0 aliphatic rings. The Kier molecular flexibility index (Phi) is 4.65. The lowest BCUT2D eigenvalue weighted by atomic mass is 10.00. The Bertz CT molecular complexity index is 345. The van der Waals surface area contributed by atoms with Gasteiger partial charge in [-0.15, -0.1) is 0 Å². The molecule has 0 amide bonds. The summed E-state index contributed by atoms with van der Waals surface area (Å²) in [7, 11) is 3.59. The van der Waals surface area contributed by atoms with Gasteiger partial charge in [-0.25, -0.2) is 0 Å². The van der Waals surface area contributed by atoms with Crippen molar-refractivity contribution in [2.45, 2.75) is 51.7 Å². The maximum Gasteiger partial charge on any atom is 0.231 e. The van der Waals surface area contributed by atoms with Gasteiger partial charge in [-0.3, -0.25) is 0 Å². The lowest BCUT2D eigenvalue weighted by Gasteiger charge is -2.19. The first kappa shape index (κ1) is 14.1. The Morgan fingerprint density at radius 3 is 2.59 bits per heavy atom. The van der Waals surface area contributed by atoms with E-state index < -0.39 is 5.60 Å². The maximum absolute atomic E-state index is 5.33. The number of nitrogens with zero attached hydrogens (tertiary/aromatic N) is 2. The van der Waals surface area contributed by atoms with Crippen molar-refractivity contribution in [1.29, 1.82) is 0 Å². The van der Waals surface area contributed by atoms with Crippen LogP contribution in [0.4, 0.5) is 0 Å². The Morgan fingerprint density at radius 1 is 1.47 bits per heavy atom. The van der Waals surface area contributed by atoms with E-state index >= 15 is 0 Å². The number of rotatable bonds is 6. The quantitative estimate of drug-likeness (QED) is 0.826. The van der Waals surface area contributed by atoms with Gasteiger partial charge in [0.25, 0.3) is 0 Å². The molecular formula is C12H23N3O2. The van der Waals surface area contributed by atoms with E-state index in [-0.39, 0.29) is 5.92 Å². The zero-order valence-corrected chi connectivity index (χ0v) is 11.6. The molecule has 5 heteroatoms. The number of likely N-dealkylation sites (N-methyl/N-ethyl adjacent to an activating group) is 1. The summed E-state index contributed by atoms with van der Waals surface area (Å²) in [4.78, 5) is 4.43. The summed E-state index contributed by atoms with van der Waals surface area (Å²) in [5.41, 5.74) is -0.511. The molecule has 0 radical (unpaired) electrons. The van der Waals surface area contributed by atoms with Gasteiger partial charge in [0, 0.05) is 13.2 Å². The molecule has 0 bridgehead atoms. The van der Waals surface area contributed by atoms with Crippen molar-refractivity contribution in [2.24, 2.45) is 0 Å². The van der Waals surface area contributed by atoms with E-state index in [0.717, 1.165) is 6.42 Å². The van der Waals surface area contributed by atoms with E-state index in [9.17, 15) is 0 Å². The highest BCUT2D eigenvalue weighted by Gasteiger charge is 2.29. The van der Waals surface area contributed by atoms with Gasteiger partial charge in [0.1, 0.15) is 5.60 Å². The summed E-state index contributed by atoms with van der Waals surface area (Å²) < 4.78 is 10.6. The molecule has 1 rings (SSSR count). The fourth-order valence-electron chi connectivity index (χ4n) is 1.74. The van der Waals surface area contributed by atoms with Crippen LogP contribution in [0.5, 0.6) is 0 Å². The monoisotopic (exact) mass is 241 g/mol. The third-order valence-corrected chi connectivity index (χ3v) is 3.29. The second-order valence-electron chi connectivity index (χ2n) is 4.76. The first-order chi connectivity index (χ1) is 7.96. The van der Waals surface area contributed by atoms with Gasteiger partial charge in [0.2, 0.25) is 11.7 Å². The molecule has 2 unspecified atom stereocenters. The molecule has 0 spiro atoms. The van der Waals surface area contributed by atoms with Crippen LogP contribution in [0.3, 0.4) is 0 Å². The second kappa shape index (κ2) is 5.60. The number of aromatic nitrogens is 2. The fraction of sp³-hybridized carbons (Fsp3) is 0.833. The predicted octanol–water partition coefficient (Wildman–Crippen LogP) is 2.05. The van der Waals surface area contributed by atoms with Crippen LogP contribution < -0.4 is 5.32 Å². The van der Waals surface area contributed by atoms with Gasteiger partial charge in [-0.1, -0.05) is 19.0 Å². The van der Waals surface area contributed by atoms with Crippen molar-refractivity contribution in [3.05, 3.63) is 11.7 Å². The minimum atomic E-state index is -0.511. The van der Waals surface area contributed by atoms with Gasteiger partial charge >= 0.3 is 0 Å². The van der Waals surface area contributed by atoms with Crippen LogP contribution >= 0.6 is 0 Å². The SMILES string of the molecule is CCC(NC)C(C)c1nc(C(C)(C)OC)no1. The highest BCUT2D eigenvalue weighted by molar-refractivity contribution is 5.02. The number of ether oxygens (including phenoxy) is 1. The third kappa shape index (κ3) is 3.04. The van der Waals surface area contributed by atoms with E-state index in [4.69, 9.17) is 9.26 Å². The van der Waals surface area contributed by atoms with Crippen molar-refractivity contribution in [1.82, 2.24) is 15.5 Å². The molecule has 17 heavy (non-hydrogen) atoms. The lowest BCUT2D eigenvalue weighted by molar-refractivity contribution is 0.00973. The highest BCUT2D eigenvalue weighted by Crippen LogP contribution is 2.24. The summed E-state index contributed by atoms with van der Waals surface area (Å²) in [5, 5.41) is 7.24. The van der Waals surface area contributed by atoms with Crippen LogP contribution in [0.25, 0.3) is 0 Å². The van der Waals surface area contributed by atoms with Crippen LogP contribution in [0, 0.1) is 0 Å². The van der Waals surface area contributed by atoms with Gasteiger partial charge < -0.3 is 14.6 Å². The molecule has 1 N–H and O–H groups in total. The topological polar surface area (TPSA) is 60.2 Å². The fourth-order valence-corrected chi connectivity index (χ4v) is 1.74. The molecule has 5 nitrogen and oxygen atoms in total. The Morgan fingerprint density at radius 2 is 2.12 bits per heavy atom. The molecule has 0 saturated carbocycles. The van der Waals surface area contributed by atoms with Crippen LogP contribution in [0.15, 0.2) is 4.52 Å². The number of hydrogen-bond acceptors (Lipinski definition) is 5. The van der Waals surface area contributed by atoms with Crippen molar-refractivity contribution in [3.8, 4) is 0 Å². The van der Waals surface area contributed by atoms with Crippen LogP contribution in [-0.2, 0) is 10.3 Å². The van der Waals surface area contributed by atoms with E-state index in [2.05, 4.69) is 29.3 Å². The van der Waals surface area contributed by atoms with Gasteiger partial charge in [0.15, 0.2) is 0 Å². The Balaban J connectivity index is 2.87. The molecule has 2 atom stereocenters. The van der Waals surface area contributed by atoms with Crippen molar-refractivity contribution in [2.75, 3.05) is 14.2 Å². The summed E-state index contributed by atoms with van der Waals surface area (Å²) >= 11 is 0. The minimum Gasteiger partial charge on any atom is -0.371 e. The summed E-state index contributed by atoms with van der Waals surface area (Å²) in [6.45, 7) is 8.05. The molecule has 0 fully saturated rings. The molecule has 0 aliphatic heterocycles. The normalized spacial score (nSPS) is 15.9. The molecular weight excluding hydrogens is 218 g/mol. The van der Waals surface area contributed by atoms with Crippen molar-refractivity contribution in [3.63, 3.8) is 0 Å². The maximum atomic E-state index is 5.33. The zero-order chi connectivity index (χ0) is 13.1. The highest BCUT2D eigenvalue weighted by atomic mass is 16.5. The summed E-state index contributed by atoms with van der Waals surface area (Å²) in [6.07, 6.45) is 1.02. The Hall–Kier alpha value is -0.940. The molecule has 0 saturated heterocycles. The van der Waals surface area contributed by atoms with Gasteiger partial charge in [-0.2, -0.15) is 4.98 Å². The smallest absolute Gasteiger partial charge is 0.231 e. The van der Waals surface area contributed by atoms with E-state index in [1.54, 1.807) is 7.11 Å².